The molecule has 3 aromatic rings. The fourth-order valence-electron chi connectivity index (χ4n) is 5.06. The predicted octanol–water partition coefficient (Wildman–Crippen LogP) is 5.78. The largest absolute Gasteiger partial charge is 0.489 e. The first kappa shape index (κ1) is 27.6. The van der Waals surface area contributed by atoms with E-state index in [-0.39, 0.29) is 17.2 Å². The lowest BCUT2D eigenvalue weighted by Crippen LogP contribution is -2.49. The molecule has 0 aliphatic carbocycles. The zero-order chi connectivity index (χ0) is 27.0. The van der Waals surface area contributed by atoms with Crippen molar-refractivity contribution in [3.8, 4) is 5.75 Å². The minimum absolute atomic E-state index is 0.105. The molecule has 2 aliphatic rings. The Labute approximate surface area is 239 Å². The summed E-state index contributed by atoms with van der Waals surface area (Å²) in [6, 6.07) is 24.1. The lowest BCUT2D eigenvalue weighted by atomic mass is 10.1. The number of ether oxygens (including phenoxy) is 1. The molecule has 2 saturated heterocycles. The van der Waals surface area contributed by atoms with Gasteiger partial charge in [0.1, 0.15) is 23.8 Å². The van der Waals surface area contributed by atoms with Crippen molar-refractivity contribution in [3.63, 3.8) is 0 Å². The standard InChI is InChI=1S/C31H34ClN3O3S/c32-26-13-9-24(10-14-26)30(37)35-28(29(36)33-17-20-34-18-5-2-6-19-34)22-39-31(35)25-11-15-27(16-12-25)38-21-23-7-3-1-4-8-23/h1,3-4,7-16,28,31H,2,5-6,17-22H2,(H,33,36). The predicted molar refractivity (Wildman–Crippen MR) is 157 cm³/mol. The maximum absolute atomic E-state index is 13.8. The highest BCUT2D eigenvalue weighted by Crippen LogP contribution is 2.42. The second-order valence-corrected chi connectivity index (χ2v) is 11.5. The van der Waals surface area contributed by atoms with Crippen LogP contribution in [-0.2, 0) is 11.4 Å². The van der Waals surface area contributed by atoms with E-state index in [9.17, 15) is 9.59 Å². The highest BCUT2D eigenvalue weighted by atomic mass is 35.5. The molecule has 2 aliphatic heterocycles. The Kier molecular flexibility index (Phi) is 9.45. The van der Waals surface area contributed by atoms with Crippen molar-refractivity contribution >= 4 is 35.2 Å². The van der Waals surface area contributed by atoms with E-state index >= 15 is 0 Å². The maximum atomic E-state index is 13.8. The minimum atomic E-state index is -0.557. The molecule has 3 aromatic carbocycles. The van der Waals surface area contributed by atoms with Crippen LogP contribution in [0.4, 0.5) is 0 Å². The summed E-state index contributed by atoms with van der Waals surface area (Å²) in [5.41, 5.74) is 2.57. The second kappa shape index (κ2) is 13.4. The van der Waals surface area contributed by atoms with Crippen LogP contribution in [0.2, 0.25) is 5.02 Å². The zero-order valence-corrected chi connectivity index (χ0v) is 23.5. The summed E-state index contributed by atoms with van der Waals surface area (Å²) in [6.45, 7) is 4.08. The smallest absolute Gasteiger partial charge is 0.255 e. The lowest BCUT2D eigenvalue weighted by molar-refractivity contribution is -0.124. The number of thioether (sulfide) groups is 1. The molecule has 2 heterocycles. The number of nitrogens with zero attached hydrogens (tertiary/aromatic N) is 2. The van der Waals surface area contributed by atoms with Crippen LogP contribution in [0, 0.1) is 0 Å². The van der Waals surface area contributed by atoms with Crippen molar-refractivity contribution in [1.29, 1.82) is 0 Å². The summed E-state index contributed by atoms with van der Waals surface area (Å²) >= 11 is 7.68. The first-order valence-electron chi connectivity index (χ1n) is 13.5. The summed E-state index contributed by atoms with van der Waals surface area (Å²) < 4.78 is 5.95. The van der Waals surface area contributed by atoms with Crippen molar-refractivity contribution in [1.82, 2.24) is 15.1 Å². The highest BCUT2D eigenvalue weighted by molar-refractivity contribution is 7.99. The lowest BCUT2D eigenvalue weighted by Gasteiger charge is -2.30. The van der Waals surface area contributed by atoms with Crippen molar-refractivity contribution in [2.45, 2.75) is 37.3 Å². The number of hydrogen-bond donors (Lipinski definition) is 1. The Morgan fingerprint density at radius 3 is 2.36 bits per heavy atom. The molecule has 2 fully saturated rings. The molecule has 0 aromatic heterocycles. The van der Waals surface area contributed by atoms with E-state index in [0.717, 1.165) is 36.5 Å². The molecule has 0 radical (unpaired) electrons. The number of rotatable bonds is 9. The van der Waals surface area contributed by atoms with Gasteiger partial charge in [0.25, 0.3) is 5.91 Å². The Balaban J connectivity index is 1.29. The van der Waals surface area contributed by atoms with Crippen molar-refractivity contribution in [3.05, 3.63) is 101 Å². The third kappa shape index (κ3) is 7.15. The summed E-state index contributed by atoms with van der Waals surface area (Å²) in [5.74, 6) is 1.01. The van der Waals surface area contributed by atoms with E-state index in [0.29, 0.717) is 29.5 Å². The second-order valence-electron chi connectivity index (χ2n) is 9.96. The number of halogens is 1. The first-order valence-corrected chi connectivity index (χ1v) is 15.0. The number of nitrogens with one attached hydrogen (secondary N) is 1. The van der Waals surface area contributed by atoms with Crippen LogP contribution < -0.4 is 10.1 Å². The Morgan fingerprint density at radius 1 is 0.923 bits per heavy atom. The van der Waals surface area contributed by atoms with Gasteiger partial charge in [0, 0.05) is 29.4 Å². The summed E-state index contributed by atoms with van der Waals surface area (Å²) in [5, 5.41) is 3.39. The number of hydrogen-bond acceptors (Lipinski definition) is 5. The van der Waals surface area contributed by atoms with Gasteiger partial charge in [-0.3, -0.25) is 9.59 Å². The molecule has 0 spiro atoms. The van der Waals surface area contributed by atoms with Gasteiger partial charge >= 0.3 is 0 Å². The van der Waals surface area contributed by atoms with Crippen LogP contribution in [0.3, 0.4) is 0 Å². The number of likely N-dealkylation sites (tertiary alicyclic amines) is 1. The van der Waals surface area contributed by atoms with E-state index in [1.54, 1.807) is 40.9 Å². The molecule has 6 nitrogen and oxygen atoms in total. The van der Waals surface area contributed by atoms with Crippen LogP contribution in [-0.4, -0.2) is 59.6 Å². The van der Waals surface area contributed by atoms with Gasteiger partial charge in [-0.2, -0.15) is 0 Å². The molecular weight excluding hydrogens is 530 g/mol. The van der Waals surface area contributed by atoms with E-state index in [1.807, 2.05) is 54.6 Å². The van der Waals surface area contributed by atoms with Crippen molar-refractivity contribution in [2.24, 2.45) is 0 Å². The van der Waals surface area contributed by atoms with Gasteiger partial charge in [0.15, 0.2) is 0 Å². The third-order valence-electron chi connectivity index (χ3n) is 7.22. The number of carbonyl (C=O) groups excluding carboxylic acids is 2. The van der Waals surface area contributed by atoms with E-state index < -0.39 is 6.04 Å². The summed E-state index contributed by atoms with van der Waals surface area (Å²) in [4.78, 5) is 31.2. The first-order chi connectivity index (χ1) is 19.1. The van der Waals surface area contributed by atoms with Gasteiger partial charge in [-0.15, -0.1) is 11.8 Å². The van der Waals surface area contributed by atoms with Gasteiger partial charge in [-0.25, -0.2) is 0 Å². The van der Waals surface area contributed by atoms with Crippen LogP contribution in [0.5, 0.6) is 5.75 Å². The fraction of sp³-hybridized carbons (Fsp3) is 0.355. The Bertz CT molecular complexity index is 1230. The van der Waals surface area contributed by atoms with Gasteiger partial charge in [-0.05, 0) is 73.5 Å². The zero-order valence-electron chi connectivity index (χ0n) is 21.9. The normalized spacial score (nSPS) is 19.6. The molecule has 2 amide bonds. The molecule has 2 unspecified atom stereocenters. The van der Waals surface area contributed by atoms with Crippen molar-refractivity contribution < 1.29 is 14.3 Å². The Hall–Kier alpha value is -3.00. The molecule has 8 heteroatoms. The fourth-order valence-corrected chi connectivity index (χ4v) is 6.62. The number of piperidine rings is 1. The minimum Gasteiger partial charge on any atom is -0.489 e. The molecule has 39 heavy (non-hydrogen) atoms. The highest BCUT2D eigenvalue weighted by Gasteiger charge is 2.42. The van der Waals surface area contributed by atoms with E-state index in [2.05, 4.69) is 10.2 Å². The SMILES string of the molecule is O=C(NCCN1CCCCC1)C1CSC(c2ccc(OCc3ccccc3)cc2)N1C(=O)c1ccc(Cl)cc1. The average Bonchev–Trinajstić information content (AvgIpc) is 3.43. The summed E-state index contributed by atoms with van der Waals surface area (Å²) in [7, 11) is 0. The van der Waals surface area contributed by atoms with Gasteiger partial charge in [0.05, 0.1) is 0 Å². The quantitative estimate of drug-likeness (QED) is 0.358. The van der Waals surface area contributed by atoms with Crippen LogP contribution >= 0.6 is 23.4 Å². The molecule has 5 rings (SSSR count). The van der Waals surface area contributed by atoms with E-state index in [1.165, 1.54) is 19.3 Å². The van der Waals surface area contributed by atoms with Gasteiger partial charge < -0.3 is 19.9 Å². The topological polar surface area (TPSA) is 61.9 Å². The number of carbonyl (C=O) groups is 2. The maximum Gasteiger partial charge on any atom is 0.255 e. The van der Waals surface area contributed by atoms with Crippen LogP contribution in [0.1, 0.15) is 46.1 Å². The molecule has 204 valence electrons. The molecular formula is C31H34ClN3O3S. The van der Waals surface area contributed by atoms with Crippen molar-refractivity contribution in [2.75, 3.05) is 31.9 Å². The molecule has 0 saturated carbocycles. The van der Waals surface area contributed by atoms with E-state index in [4.69, 9.17) is 16.3 Å². The van der Waals surface area contributed by atoms with Crippen LogP contribution in [0.15, 0.2) is 78.9 Å². The Morgan fingerprint density at radius 2 is 1.64 bits per heavy atom. The van der Waals surface area contributed by atoms with Crippen LogP contribution in [0.25, 0.3) is 0 Å². The third-order valence-corrected chi connectivity index (χ3v) is 8.79. The number of benzene rings is 3. The average molecular weight is 564 g/mol. The van der Waals surface area contributed by atoms with Gasteiger partial charge in [0.2, 0.25) is 5.91 Å². The summed E-state index contributed by atoms with van der Waals surface area (Å²) in [6.07, 6.45) is 3.72. The molecule has 0 bridgehead atoms. The number of amides is 2. The molecule has 2 atom stereocenters. The monoisotopic (exact) mass is 563 g/mol. The molecule has 1 N–H and O–H groups in total. The van der Waals surface area contributed by atoms with Gasteiger partial charge in [-0.1, -0.05) is 60.5 Å².